The first-order chi connectivity index (χ1) is 9.09. The fourth-order valence-electron chi connectivity index (χ4n) is 3.60. The largest absolute Gasteiger partial charge is 0.341 e. The van der Waals surface area contributed by atoms with Crippen LogP contribution in [0.25, 0.3) is 0 Å². The van der Waals surface area contributed by atoms with Gasteiger partial charge in [-0.05, 0) is 52.2 Å². The molecule has 2 aliphatic rings. The van der Waals surface area contributed by atoms with Crippen LogP contribution >= 0.6 is 0 Å². The average molecular weight is 267 g/mol. The molecule has 2 saturated heterocycles. The summed E-state index contributed by atoms with van der Waals surface area (Å²) in [7, 11) is 4.17. The van der Waals surface area contributed by atoms with Crippen molar-refractivity contribution in [3.8, 4) is 0 Å². The lowest BCUT2D eigenvalue weighted by atomic mass is 9.76. The normalized spacial score (nSPS) is 33.1. The minimum absolute atomic E-state index is 0.150. The monoisotopic (exact) mass is 267 g/mol. The number of carbonyl (C=O) groups excluding carboxylic acids is 1. The maximum atomic E-state index is 12.9. The zero-order chi connectivity index (χ0) is 13.9. The van der Waals surface area contributed by atoms with Crippen molar-refractivity contribution in [1.29, 1.82) is 0 Å². The lowest BCUT2D eigenvalue weighted by Crippen LogP contribution is -2.55. The van der Waals surface area contributed by atoms with E-state index in [2.05, 4.69) is 24.2 Å². The Morgan fingerprint density at radius 1 is 1.47 bits per heavy atom. The second-order valence-corrected chi connectivity index (χ2v) is 6.39. The van der Waals surface area contributed by atoms with Gasteiger partial charge in [-0.1, -0.05) is 6.92 Å². The number of rotatable bonds is 3. The number of carbonyl (C=O) groups is 1. The van der Waals surface area contributed by atoms with Gasteiger partial charge in [-0.25, -0.2) is 0 Å². The zero-order valence-corrected chi connectivity index (χ0v) is 12.7. The van der Waals surface area contributed by atoms with E-state index >= 15 is 0 Å². The van der Waals surface area contributed by atoms with Crippen LogP contribution in [0.5, 0.6) is 0 Å². The fourth-order valence-corrected chi connectivity index (χ4v) is 3.60. The molecule has 0 aromatic rings. The Kier molecular flexibility index (Phi) is 4.85. The third-order valence-electron chi connectivity index (χ3n) is 5.07. The van der Waals surface area contributed by atoms with Gasteiger partial charge >= 0.3 is 0 Å². The minimum Gasteiger partial charge on any atom is -0.341 e. The van der Waals surface area contributed by atoms with Crippen molar-refractivity contribution in [2.75, 3.05) is 40.3 Å². The number of piperidine rings is 2. The maximum Gasteiger partial charge on any atom is 0.230 e. The third-order valence-corrected chi connectivity index (χ3v) is 5.07. The van der Waals surface area contributed by atoms with Gasteiger partial charge in [0.2, 0.25) is 5.91 Å². The van der Waals surface area contributed by atoms with Crippen LogP contribution in [-0.4, -0.2) is 62.0 Å². The van der Waals surface area contributed by atoms with Crippen molar-refractivity contribution in [3.05, 3.63) is 0 Å². The lowest BCUT2D eigenvalue weighted by Gasteiger charge is -2.43. The first kappa shape index (κ1) is 14.8. The Labute approximate surface area is 117 Å². The molecular formula is C15H29N3O. The molecule has 0 aromatic carbocycles. The predicted octanol–water partition coefficient (Wildman–Crippen LogP) is 1.32. The van der Waals surface area contributed by atoms with Gasteiger partial charge in [0.05, 0.1) is 5.41 Å². The van der Waals surface area contributed by atoms with Gasteiger partial charge in [-0.3, -0.25) is 4.79 Å². The Hall–Kier alpha value is -0.610. The van der Waals surface area contributed by atoms with Crippen LogP contribution in [0.1, 0.15) is 39.0 Å². The van der Waals surface area contributed by atoms with E-state index in [1.807, 2.05) is 11.9 Å². The van der Waals surface area contributed by atoms with E-state index in [1.54, 1.807) is 0 Å². The van der Waals surface area contributed by atoms with Crippen LogP contribution in [0.2, 0.25) is 0 Å². The summed E-state index contributed by atoms with van der Waals surface area (Å²) in [6.45, 7) is 6.26. The Morgan fingerprint density at radius 2 is 2.26 bits per heavy atom. The van der Waals surface area contributed by atoms with Gasteiger partial charge in [0.25, 0.3) is 0 Å². The molecule has 110 valence electrons. The summed E-state index contributed by atoms with van der Waals surface area (Å²) in [6, 6.07) is 0.400. The third kappa shape index (κ3) is 3.11. The Balaban J connectivity index is 2.04. The molecule has 2 aliphatic heterocycles. The van der Waals surface area contributed by atoms with Gasteiger partial charge in [0, 0.05) is 26.2 Å². The van der Waals surface area contributed by atoms with E-state index in [0.29, 0.717) is 11.9 Å². The van der Waals surface area contributed by atoms with E-state index in [0.717, 1.165) is 45.3 Å². The Morgan fingerprint density at radius 3 is 2.84 bits per heavy atom. The maximum absolute atomic E-state index is 12.9. The minimum atomic E-state index is -0.150. The van der Waals surface area contributed by atoms with Crippen LogP contribution in [0.4, 0.5) is 0 Å². The summed E-state index contributed by atoms with van der Waals surface area (Å²) in [4.78, 5) is 17.3. The van der Waals surface area contributed by atoms with E-state index in [-0.39, 0.29) is 5.41 Å². The second kappa shape index (κ2) is 6.23. The molecule has 1 N–H and O–H groups in total. The fraction of sp³-hybridized carbons (Fsp3) is 0.933. The summed E-state index contributed by atoms with van der Waals surface area (Å²) in [5, 5.41) is 3.42. The highest BCUT2D eigenvalue weighted by atomic mass is 16.2. The van der Waals surface area contributed by atoms with Crippen LogP contribution in [0, 0.1) is 5.41 Å². The number of likely N-dealkylation sites (N-methyl/N-ethyl adjacent to an activating group) is 2. The first-order valence-electron chi connectivity index (χ1n) is 7.75. The van der Waals surface area contributed by atoms with Gasteiger partial charge in [-0.15, -0.1) is 0 Å². The number of hydrogen-bond donors (Lipinski definition) is 1. The van der Waals surface area contributed by atoms with Crippen LogP contribution in [0.15, 0.2) is 0 Å². The van der Waals surface area contributed by atoms with Crippen LogP contribution in [-0.2, 0) is 4.79 Å². The molecule has 2 heterocycles. The molecule has 2 unspecified atom stereocenters. The molecule has 2 fully saturated rings. The second-order valence-electron chi connectivity index (χ2n) is 6.39. The molecule has 0 saturated carbocycles. The Bertz CT molecular complexity index is 313. The molecule has 0 aromatic heterocycles. The number of nitrogens with one attached hydrogen (secondary N) is 1. The van der Waals surface area contributed by atoms with Crippen molar-refractivity contribution in [1.82, 2.24) is 15.1 Å². The molecule has 4 nitrogen and oxygen atoms in total. The molecule has 19 heavy (non-hydrogen) atoms. The van der Waals surface area contributed by atoms with Gasteiger partial charge in [-0.2, -0.15) is 0 Å². The smallest absolute Gasteiger partial charge is 0.230 e. The van der Waals surface area contributed by atoms with Crippen molar-refractivity contribution in [2.45, 2.75) is 45.1 Å². The summed E-state index contributed by atoms with van der Waals surface area (Å²) in [6.07, 6.45) is 5.47. The van der Waals surface area contributed by atoms with Gasteiger partial charge in [0.15, 0.2) is 0 Å². The highest BCUT2D eigenvalue weighted by Crippen LogP contribution is 2.33. The van der Waals surface area contributed by atoms with Crippen molar-refractivity contribution in [2.24, 2.45) is 5.41 Å². The molecule has 0 radical (unpaired) electrons. The summed E-state index contributed by atoms with van der Waals surface area (Å²) in [5.41, 5.74) is -0.150. The van der Waals surface area contributed by atoms with Crippen LogP contribution < -0.4 is 5.32 Å². The highest BCUT2D eigenvalue weighted by Gasteiger charge is 2.41. The SMILES string of the molecule is CCC1(C(=O)N(C)C2CCCN(C)C2)CCCNC1. The average Bonchev–Trinajstić information content (AvgIpc) is 2.46. The molecular weight excluding hydrogens is 238 g/mol. The van der Waals surface area contributed by atoms with Crippen molar-refractivity contribution >= 4 is 5.91 Å². The summed E-state index contributed by atoms with van der Waals surface area (Å²) >= 11 is 0. The zero-order valence-electron chi connectivity index (χ0n) is 12.7. The number of nitrogens with zero attached hydrogens (tertiary/aromatic N) is 2. The molecule has 0 bridgehead atoms. The number of amides is 1. The lowest BCUT2D eigenvalue weighted by molar-refractivity contribution is -0.145. The standard InChI is InChI=1S/C15H29N3O/c1-4-15(8-6-9-16-12-15)14(19)18(3)13-7-5-10-17(2)11-13/h13,16H,4-12H2,1-3H3. The van der Waals surface area contributed by atoms with Crippen molar-refractivity contribution < 1.29 is 4.79 Å². The summed E-state index contributed by atoms with van der Waals surface area (Å²) < 4.78 is 0. The highest BCUT2D eigenvalue weighted by molar-refractivity contribution is 5.83. The predicted molar refractivity (Wildman–Crippen MR) is 78.1 cm³/mol. The van der Waals surface area contributed by atoms with Gasteiger partial charge < -0.3 is 15.1 Å². The molecule has 0 aliphatic carbocycles. The number of hydrogen-bond acceptors (Lipinski definition) is 3. The van der Waals surface area contributed by atoms with E-state index < -0.39 is 0 Å². The molecule has 2 rings (SSSR count). The number of likely N-dealkylation sites (tertiary alicyclic amines) is 1. The first-order valence-corrected chi connectivity index (χ1v) is 7.75. The van der Waals surface area contributed by atoms with E-state index in [1.165, 1.54) is 13.0 Å². The molecule has 0 spiro atoms. The van der Waals surface area contributed by atoms with Crippen LogP contribution in [0.3, 0.4) is 0 Å². The molecule has 4 heteroatoms. The van der Waals surface area contributed by atoms with Crippen molar-refractivity contribution in [3.63, 3.8) is 0 Å². The summed E-state index contributed by atoms with van der Waals surface area (Å²) in [5.74, 6) is 0.363. The molecule has 1 amide bonds. The quantitative estimate of drug-likeness (QED) is 0.838. The van der Waals surface area contributed by atoms with E-state index in [9.17, 15) is 4.79 Å². The van der Waals surface area contributed by atoms with E-state index in [4.69, 9.17) is 0 Å². The van der Waals surface area contributed by atoms with Gasteiger partial charge in [0.1, 0.15) is 0 Å². The topological polar surface area (TPSA) is 35.6 Å². The molecule has 2 atom stereocenters.